The summed E-state index contributed by atoms with van der Waals surface area (Å²) < 4.78 is 5.69. The molecule has 1 saturated carbocycles. The largest absolute Gasteiger partial charge is 0.366 e. The number of rotatable bonds is 3. The van der Waals surface area contributed by atoms with Gasteiger partial charge in [-0.2, -0.15) is 0 Å². The summed E-state index contributed by atoms with van der Waals surface area (Å²) in [5.41, 5.74) is 2.75. The summed E-state index contributed by atoms with van der Waals surface area (Å²) in [5.74, 6) is 0.186. The molecule has 4 nitrogen and oxygen atoms in total. The average Bonchev–Trinajstić information content (AvgIpc) is 3.29. The summed E-state index contributed by atoms with van der Waals surface area (Å²) in [4.78, 5) is 15.1. The zero-order valence-electron chi connectivity index (χ0n) is 12.7. The quantitative estimate of drug-likeness (QED) is 0.926. The minimum atomic E-state index is -0.299. The number of aryl methyl sites for hydroxylation is 1. The molecule has 5 heteroatoms. The molecule has 4 rings (SSSR count). The summed E-state index contributed by atoms with van der Waals surface area (Å²) in [5, 5.41) is 3.27. The topological polar surface area (TPSA) is 41.6 Å². The van der Waals surface area contributed by atoms with Gasteiger partial charge in [0.05, 0.1) is 12.6 Å². The number of halogens is 1. The Kier molecular flexibility index (Phi) is 4.71. The van der Waals surface area contributed by atoms with Crippen LogP contribution < -0.4 is 5.32 Å². The molecule has 0 bridgehead atoms. The van der Waals surface area contributed by atoms with Gasteiger partial charge in [-0.05, 0) is 36.8 Å². The molecule has 3 aliphatic rings. The zero-order chi connectivity index (χ0) is 14.2. The number of carbonyl (C=O) groups is 1. The lowest BCUT2D eigenvalue weighted by Crippen LogP contribution is -2.50. The van der Waals surface area contributed by atoms with E-state index >= 15 is 0 Å². The summed E-state index contributed by atoms with van der Waals surface area (Å²) >= 11 is 0. The van der Waals surface area contributed by atoms with E-state index in [1.807, 2.05) is 0 Å². The first-order valence-electron chi connectivity index (χ1n) is 8.07. The van der Waals surface area contributed by atoms with E-state index in [0.29, 0.717) is 19.2 Å². The maximum atomic E-state index is 12.9. The lowest BCUT2D eigenvalue weighted by atomic mass is 10.1. The fourth-order valence-corrected chi connectivity index (χ4v) is 3.65. The van der Waals surface area contributed by atoms with Crippen molar-refractivity contribution in [2.24, 2.45) is 0 Å². The van der Waals surface area contributed by atoms with Crippen LogP contribution in [-0.2, 0) is 16.0 Å². The van der Waals surface area contributed by atoms with E-state index < -0.39 is 0 Å². The Labute approximate surface area is 137 Å². The van der Waals surface area contributed by atoms with Crippen molar-refractivity contribution in [3.05, 3.63) is 35.4 Å². The molecule has 1 aliphatic heterocycles. The highest BCUT2D eigenvalue weighted by Gasteiger charge is 2.42. The van der Waals surface area contributed by atoms with Gasteiger partial charge < -0.3 is 15.0 Å². The minimum absolute atomic E-state index is 0. The van der Waals surface area contributed by atoms with Gasteiger partial charge in [0, 0.05) is 19.1 Å². The van der Waals surface area contributed by atoms with E-state index in [1.165, 1.54) is 11.1 Å². The molecule has 2 fully saturated rings. The molecule has 1 N–H and O–H groups in total. The van der Waals surface area contributed by atoms with Crippen LogP contribution in [0.15, 0.2) is 24.3 Å². The van der Waals surface area contributed by atoms with Gasteiger partial charge in [0.25, 0.3) is 5.91 Å². The van der Waals surface area contributed by atoms with Crippen LogP contribution in [0.25, 0.3) is 0 Å². The molecule has 0 aromatic heterocycles. The van der Waals surface area contributed by atoms with E-state index in [2.05, 4.69) is 34.5 Å². The Morgan fingerprint density at radius 3 is 2.77 bits per heavy atom. The van der Waals surface area contributed by atoms with Gasteiger partial charge in [-0.1, -0.05) is 24.3 Å². The highest BCUT2D eigenvalue weighted by molar-refractivity contribution is 5.85. The molecule has 2 aliphatic carbocycles. The summed E-state index contributed by atoms with van der Waals surface area (Å²) in [6.45, 7) is 2.13. The first-order chi connectivity index (χ1) is 10.3. The second-order valence-electron chi connectivity index (χ2n) is 6.29. The molecular formula is C17H23ClN2O2. The summed E-state index contributed by atoms with van der Waals surface area (Å²) in [7, 11) is 0. The highest BCUT2D eigenvalue weighted by atomic mass is 35.5. The second kappa shape index (κ2) is 6.57. The van der Waals surface area contributed by atoms with Crippen LogP contribution in [0, 0.1) is 0 Å². The van der Waals surface area contributed by atoms with Crippen molar-refractivity contribution >= 4 is 18.3 Å². The predicted molar refractivity (Wildman–Crippen MR) is 87.2 cm³/mol. The van der Waals surface area contributed by atoms with Crippen molar-refractivity contribution in [3.8, 4) is 0 Å². The zero-order valence-corrected chi connectivity index (χ0v) is 13.5. The number of hydrogen-bond acceptors (Lipinski definition) is 3. The number of fused-ring (bicyclic) bond motifs is 1. The molecule has 1 aromatic carbocycles. The third kappa shape index (κ3) is 2.87. The van der Waals surface area contributed by atoms with E-state index in [4.69, 9.17) is 4.74 Å². The molecule has 0 spiro atoms. The van der Waals surface area contributed by atoms with Crippen molar-refractivity contribution in [2.45, 2.75) is 43.9 Å². The van der Waals surface area contributed by atoms with Gasteiger partial charge in [0.2, 0.25) is 0 Å². The van der Waals surface area contributed by atoms with Crippen molar-refractivity contribution in [1.29, 1.82) is 0 Å². The van der Waals surface area contributed by atoms with Crippen molar-refractivity contribution in [1.82, 2.24) is 10.2 Å². The fraction of sp³-hybridized carbons (Fsp3) is 0.588. The summed E-state index contributed by atoms with van der Waals surface area (Å²) in [6, 6.07) is 9.26. The summed E-state index contributed by atoms with van der Waals surface area (Å²) in [6.07, 6.45) is 4.13. The smallest absolute Gasteiger partial charge is 0.253 e. The fourth-order valence-electron chi connectivity index (χ4n) is 3.65. The van der Waals surface area contributed by atoms with E-state index in [0.717, 1.165) is 32.2 Å². The molecule has 1 aromatic rings. The molecule has 1 amide bonds. The van der Waals surface area contributed by atoms with Crippen LogP contribution in [0.4, 0.5) is 0 Å². The third-order valence-electron chi connectivity index (χ3n) is 4.83. The first kappa shape index (κ1) is 15.8. The van der Waals surface area contributed by atoms with Crippen molar-refractivity contribution in [2.75, 3.05) is 19.7 Å². The van der Waals surface area contributed by atoms with Crippen LogP contribution in [0.1, 0.15) is 36.4 Å². The Balaban J connectivity index is 0.00000144. The number of amides is 1. The van der Waals surface area contributed by atoms with Crippen LogP contribution >= 0.6 is 12.4 Å². The van der Waals surface area contributed by atoms with Crippen LogP contribution in [0.3, 0.4) is 0 Å². The number of carbonyl (C=O) groups excluding carboxylic acids is 1. The van der Waals surface area contributed by atoms with Crippen molar-refractivity contribution in [3.63, 3.8) is 0 Å². The van der Waals surface area contributed by atoms with Gasteiger partial charge in [-0.3, -0.25) is 4.79 Å². The molecule has 1 saturated heterocycles. The van der Waals surface area contributed by atoms with Crippen LogP contribution in [0.2, 0.25) is 0 Å². The number of hydrogen-bond donors (Lipinski definition) is 1. The van der Waals surface area contributed by atoms with E-state index in [9.17, 15) is 4.79 Å². The van der Waals surface area contributed by atoms with E-state index in [1.54, 1.807) is 0 Å². The van der Waals surface area contributed by atoms with E-state index in [-0.39, 0.29) is 30.5 Å². The molecular weight excluding hydrogens is 300 g/mol. The first-order valence-corrected chi connectivity index (χ1v) is 8.07. The number of morpholine rings is 1. The predicted octanol–water partition coefficient (Wildman–Crippen LogP) is 2.08. The number of nitrogens with one attached hydrogen (secondary N) is 1. The third-order valence-corrected chi connectivity index (χ3v) is 4.83. The van der Waals surface area contributed by atoms with Crippen molar-refractivity contribution < 1.29 is 9.53 Å². The van der Waals surface area contributed by atoms with Crippen LogP contribution in [0.5, 0.6) is 0 Å². The number of ether oxygens (including phenoxy) is 1. The molecule has 1 heterocycles. The van der Waals surface area contributed by atoms with Crippen LogP contribution in [-0.4, -0.2) is 42.6 Å². The lowest BCUT2D eigenvalue weighted by molar-refractivity contribution is -0.148. The monoisotopic (exact) mass is 322 g/mol. The Morgan fingerprint density at radius 2 is 2.05 bits per heavy atom. The Hall–Kier alpha value is -1.10. The molecule has 22 heavy (non-hydrogen) atoms. The number of benzene rings is 1. The molecule has 2 atom stereocenters. The highest BCUT2D eigenvalue weighted by Crippen LogP contribution is 2.42. The maximum Gasteiger partial charge on any atom is 0.253 e. The van der Waals surface area contributed by atoms with Gasteiger partial charge in [0.15, 0.2) is 0 Å². The number of nitrogens with zero attached hydrogens (tertiary/aromatic N) is 1. The van der Waals surface area contributed by atoms with Gasteiger partial charge in [-0.15, -0.1) is 12.4 Å². The van der Waals surface area contributed by atoms with Gasteiger partial charge in [-0.25, -0.2) is 0 Å². The molecule has 120 valence electrons. The molecule has 0 radical (unpaired) electrons. The molecule has 2 unspecified atom stereocenters. The normalized spacial score (nSPS) is 26.9. The average molecular weight is 323 g/mol. The van der Waals surface area contributed by atoms with Gasteiger partial charge >= 0.3 is 0 Å². The van der Waals surface area contributed by atoms with Gasteiger partial charge in [0.1, 0.15) is 6.10 Å². The maximum absolute atomic E-state index is 12.9. The minimum Gasteiger partial charge on any atom is -0.366 e. The standard InChI is InChI=1S/C17H22N2O2.ClH/c20-17(16-11-18-9-10-21-16)19(13-6-7-13)15-8-5-12-3-1-2-4-14(12)15;/h1-4,13,15-16,18H,5-11H2;1H. The second-order valence-corrected chi connectivity index (χ2v) is 6.29. The SMILES string of the molecule is Cl.O=C(C1CNCCO1)N(C1CC1)C1CCc2ccccc21. The lowest BCUT2D eigenvalue weighted by Gasteiger charge is -2.34. The Bertz CT molecular complexity index is 541. The Morgan fingerprint density at radius 1 is 1.23 bits per heavy atom.